The van der Waals surface area contributed by atoms with Gasteiger partial charge in [0.2, 0.25) is 0 Å². The van der Waals surface area contributed by atoms with Crippen LogP contribution in [0.5, 0.6) is 5.75 Å². The predicted molar refractivity (Wildman–Crippen MR) is 74.9 cm³/mol. The average molecular weight is 268 g/mol. The summed E-state index contributed by atoms with van der Waals surface area (Å²) in [6.07, 6.45) is 1.47. The number of hydrogen-bond acceptors (Lipinski definition) is 5. The van der Waals surface area contributed by atoms with E-state index in [4.69, 9.17) is 4.74 Å². The van der Waals surface area contributed by atoms with Crippen LogP contribution in [-0.4, -0.2) is 30.2 Å². The zero-order valence-electron chi connectivity index (χ0n) is 11.1. The number of nitrogens with zero attached hydrogens (tertiary/aromatic N) is 2. The van der Waals surface area contributed by atoms with Crippen LogP contribution in [0.1, 0.15) is 10.4 Å². The Morgan fingerprint density at radius 2 is 1.95 bits per heavy atom. The van der Waals surface area contributed by atoms with Crippen LogP contribution < -0.4 is 4.74 Å². The fourth-order valence-corrected chi connectivity index (χ4v) is 2.05. The SMILES string of the molecule is COC(=O)c1cnc2nc3cc(OC)ccc3cc2c1. The summed E-state index contributed by atoms with van der Waals surface area (Å²) in [5, 5.41) is 1.76. The first-order chi connectivity index (χ1) is 9.71. The van der Waals surface area contributed by atoms with Crippen LogP contribution in [0.2, 0.25) is 0 Å². The summed E-state index contributed by atoms with van der Waals surface area (Å²) in [5.41, 5.74) is 1.79. The fourth-order valence-electron chi connectivity index (χ4n) is 2.05. The monoisotopic (exact) mass is 268 g/mol. The van der Waals surface area contributed by atoms with Gasteiger partial charge in [0.15, 0.2) is 5.65 Å². The molecule has 0 unspecified atom stereocenters. The molecule has 0 aliphatic heterocycles. The Bertz CT molecular complexity index is 815. The lowest BCUT2D eigenvalue weighted by atomic mass is 10.1. The summed E-state index contributed by atoms with van der Waals surface area (Å²) in [6, 6.07) is 9.31. The minimum absolute atomic E-state index is 0.408. The Hall–Kier alpha value is -2.69. The molecule has 0 aliphatic carbocycles. The number of carbonyl (C=O) groups excluding carboxylic acids is 1. The summed E-state index contributed by atoms with van der Waals surface area (Å²) in [7, 11) is 2.96. The number of ether oxygens (including phenoxy) is 2. The Morgan fingerprint density at radius 1 is 1.10 bits per heavy atom. The smallest absolute Gasteiger partial charge is 0.339 e. The molecule has 0 amide bonds. The van der Waals surface area contributed by atoms with E-state index in [1.54, 1.807) is 13.2 Å². The van der Waals surface area contributed by atoms with E-state index in [2.05, 4.69) is 14.7 Å². The topological polar surface area (TPSA) is 61.3 Å². The first-order valence-corrected chi connectivity index (χ1v) is 6.04. The molecule has 5 nitrogen and oxygen atoms in total. The van der Waals surface area contributed by atoms with Crippen molar-refractivity contribution in [2.75, 3.05) is 14.2 Å². The van der Waals surface area contributed by atoms with Crippen molar-refractivity contribution >= 4 is 27.9 Å². The Morgan fingerprint density at radius 3 is 2.70 bits per heavy atom. The van der Waals surface area contributed by atoms with E-state index in [0.29, 0.717) is 11.2 Å². The molecular formula is C15H12N2O3. The highest BCUT2D eigenvalue weighted by atomic mass is 16.5. The van der Waals surface area contributed by atoms with E-state index < -0.39 is 5.97 Å². The Balaban J connectivity index is 2.21. The van der Waals surface area contributed by atoms with Gasteiger partial charge in [-0.15, -0.1) is 0 Å². The lowest BCUT2D eigenvalue weighted by molar-refractivity contribution is 0.0600. The van der Waals surface area contributed by atoms with Crippen LogP contribution in [0.3, 0.4) is 0 Å². The van der Waals surface area contributed by atoms with Gasteiger partial charge in [0.1, 0.15) is 5.75 Å². The van der Waals surface area contributed by atoms with Gasteiger partial charge in [0, 0.05) is 23.0 Å². The third kappa shape index (κ3) is 2.03. The summed E-state index contributed by atoms with van der Waals surface area (Å²) >= 11 is 0. The van der Waals surface area contributed by atoms with Crippen LogP contribution in [0.15, 0.2) is 36.5 Å². The van der Waals surface area contributed by atoms with E-state index >= 15 is 0 Å². The summed E-state index contributed by atoms with van der Waals surface area (Å²) in [5.74, 6) is 0.338. The van der Waals surface area contributed by atoms with Gasteiger partial charge < -0.3 is 9.47 Å². The predicted octanol–water partition coefficient (Wildman–Crippen LogP) is 2.58. The number of fused-ring (bicyclic) bond motifs is 2. The maximum Gasteiger partial charge on any atom is 0.339 e. The van der Waals surface area contributed by atoms with Gasteiger partial charge in [-0.25, -0.2) is 14.8 Å². The third-order valence-electron chi connectivity index (χ3n) is 3.09. The second-order valence-corrected chi connectivity index (χ2v) is 4.31. The number of pyridine rings is 2. The largest absolute Gasteiger partial charge is 0.497 e. The van der Waals surface area contributed by atoms with Crippen molar-refractivity contribution in [3.05, 3.63) is 42.1 Å². The van der Waals surface area contributed by atoms with Crippen molar-refractivity contribution in [3.63, 3.8) is 0 Å². The van der Waals surface area contributed by atoms with E-state index in [-0.39, 0.29) is 0 Å². The minimum atomic E-state index is -0.408. The zero-order chi connectivity index (χ0) is 14.1. The third-order valence-corrected chi connectivity index (χ3v) is 3.09. The van der Waals surface area contributed by atoms with Crippen molar-refractivity contribution in [2.45, 2.75) is 0 Å². The molecule has 0 bridgehead atoms. The Labute approximate surface area is 115 Å². The van der Waals surface area contributed by atoms with E-state index in [9.17, 15) is 4.79 Å². The maximum absolute atomic E-state index is 11.5. The standard InChI is InChI=1S/C15H12N2O3/c1-19-12-4-3-9-5-10-6-11(15(18)20-2)8-16-14(10)17-13(9)7-12/h3-8H,1-2H3. The van der Waals surface area contributed by atoms with E-state index in [0.717, 1.165) is 22.0 Å². The molecule has 20 heavy (non-hydrogen) atoms. The molecule has 0 atom stereocenters. The van der Waals surface area contributed by atoms with Gasteiger partial charge in [0.05, 0.1) is 25.3 Å². The molecule has 0 radical (unpaired) electrons. The molecule has 1 aromatic carbocycles. The molecule has 3 aromatic rings. The number of methoxy groups -OCH3 is 2. The second-order valence-electron chi connectivity index (χ2n) is 4.31. The number of hydrogen-bond donors (Lipinski definition) is 0. The highest BCUT2D eigenvalue weighted by molar-refractivity contribution is 5.96. The minimum Gasteiger partial charge on any atom is -0.497 e. The normalized spacial score (nSPS) is 10.7. The quantitative estimate of drug-likeness (QED) is 0.528. The van der Waals surface area contributed by atoms with Gasteiger partial charge in [-0.3, -0.25) is 0 Å². The van der Waals surface area contributed by atoms with Crippen LogP contribution in [0, 0.1) is 0 Å². The molecule has 100 valence electrons. The van der Waals surface area contributed by atoms with Crippen LogP contribution in [0.4, 0.5) is 0 Å². The molecule has 3 rings (SSSR count). The van der Waals surface area contributed by atoms with Gasteiger partial charge in [-0.1, -0.05) is 0 Å². The summed E-state index contributed by atoms with van der Waals surface area (Å²) in [4.78, 5) is 20.2. The molecule has 2 heterocycles. The maximum atomic E-state index is 11.5. The average Bonchev–Trinajstić information content (AvgIpc) is 2.50. The lowest BCUT2D eigenvalue weighted by Gasteiger charge is -2.05. The van der Waals surface area contributed by atoms with Crippen LogP contribution >= 0.6 is 0 Å². The first-order valence-electron chi connectivity index (χ1n) is 6.04. The molecule has 0 spiro atoms. The van der Waals surface area contributed by atoms with Crippen molar-refractivity contribution < 1.29 is 14.3 Å². The van der Waals surface area contributed by atoms with Crippen LogP contribution in [0.25, 0.3) is 21.9 Å². The van der Waals surface area contributed by atoms with E-state index in [1.807, 2.05) is 24.3 Å². The van der Waals surface area contributed by atoms with E-state index in [1.165, 1.54) is 13.3 Å². The molecule has 0 saturated carbocycles. The van der Waals surface area contributed by atoms with Crippen molar-refractivity contribution in [1.82, 2.24) is 9.97 Å². The molecule has 0 fully saturated rings. The van der Waals surface area contributed by atoms with Crippen LogP contribution in [-0.2, 0) is 4.74 Å². The number of esters is 1. The van der Waals surface area contributed by atoms with Crippen molar-refractivity contribution in [1.29, 1.82) is 0 Å². The molecule has 0 saturated heterocycles. The number of carbonyl (C=O) groups is 1. The molecule has 0 aliphatic rings. The van der Waals surface area contributed by atoms with Gasteiger partial charge in [0.25, 0.3) is 0 Å². The van der Waals surface area contributed by atoms with Gasteiger partial charge >= 0.3 is 5.97 Å². The number of benzene rings is 1. The highest BCUT2D eigenvalue weighted by Crippen LogP contribution is 2.23. The van der Waals surface area contributed by atoms with Gasteiger partial charge in [-0.05, 0) is 24.3 Å². The van der Waals surface area contributed by atoms with Crippen molar-refractivity contribution in [2.24, 2.45) is 0 Å². The first kappa shape index (κ1) is 12.3. The molecular weight excluding hydrogens is 256 g/mol. The summed E-state index contributed by atoms with van der Waals surface area (Å²) < 4.78 is 9.86. The zero-order valence-corrected chi connectivity index (χ0v) is 11.1. The summed E-state index contributed by atoms with van der Waals surface area (Å²) in [6.45, 7) is 0. The molecule has 5 heteroatoms. The highest BCUT2D eigenvalue weighted by Gasteiger charge is 2.08. The Kier molecular flexibility index (Phi) is 2.95. The molecule has 0 N–H and O–H groups in total. The fraction of sp³-hybridized carbons (Fsp3) is 0.133. The number of aromatic nitrogens is 2. The molecule has 2 aromatic heterocycles. The lowest BCUT2D eigenvalue weighted by Crippen LogP contribution is -2.02. The number of rotatable bonds is 2. The van der Waals surface area contributed by atoms with Gasteiger partial charge in [-0.2, -0.15) is 0 Å². The second kappa shape index (κ2) is 4.77. The van der Waals surface area contributed by atoms with Crippen molar-refractivity contribution in [3.8, 4) is 5.75 Å².